The standard InChI is InChI=1S/C25H34N4O3/c1-25(2,18-23(26)30)24(31)29(32,21-9-6-13-27-15-11-21)16-12-19-7-5-8-20(17-19)22-10-3-4-14-28-22/h3-5,7-8,10,14,17,21,27H,6,9,11-13,15-16,18H2,1-2H3,(H2,26,30). The van der Waals surface area contributed by atoms with Crippen LogP contribution in [0.4, 0.5) is 0 Å². The van der Waals surface area contributed by atoms with Crippen LogP contribution in [-0.4, -0.2) is 47.1 Å². The van der Waals surface area contributed by atoms with E-state index in [0.29, 0.717) is 25.8 Å². The number of nitrogens with zero attached hydrogens (tertiary/aromatic N) is 2. The van der Waals surface area contributed by atoms with Crippen LogP contribution in [0.3, 0.4) is 0 Å². The number of amides is 2. The van der Waals surface area contributed by atoms with Gasteiger partial charge in [-0.2, -0.15) is 0 Å². The van der Waals surface area contributed by atoms with E-state index in [9.17, 15) is 14.8 Å². The molecule has 1 aromatic carbocycles. The third-order valence-electron chi connectivity index (χ3n) is 6.29. The monoisotopic (exact) mass is 438 g/mol. The normalized spacial score (nSPS) is 19.0. The lowest BCUT2D eigenvalue weighted by atomic mass is 9.85. The van der Waals surface area contributed by atoms with Gasteiger partial charge in [0.25, 0.3) is 0 Å². The number of hydroxylamine groups is 3. The Morgan fingerprint density at radius 3 is 2.72 bits per heavy atom. The Kier molecular flexibility index (Phi) is 7.77. The number of nitrogens with one attached hydrogen (secondary N) is 1. The summed E-state index contributed by atoms with van der Waals surface area (Å²) in [5.41, 5.74) is 7.11. The van der Waals surface area contributed by atoms with Gasteiger partial charge < -0.3 is 16.3 Å². The van der Waals surface area contributed by atoms with Gasteiger partial charge in [0.2, 0.25) is 5.91 Å². The third kappa shape index (κ3) is 5.79. The molecule has 7 heteroatoms. The summed E-state index contributed by atoms with van der Waals surface area (Å²) >= 11 is 0. The van der Waals surface area contributed by atoms with Gasteiger partial charge in [-0.3, -0.25) is 14.4 Å². The van der Waals surface area contributed by atoms with E-state index < -0.39 is 21.9 Å². The predicted octanol–water partition coefficient (Wildman–Crippen LogP) is 3.18. The van der Waals surface area contributed by atoms with Gasteiger partial charge in [-0.1, -0.05) is 24.3 Å². The number of benzene rings is 1. The van der Waals surface area contributed by atoms with E-state index in [4.69, 9.17) is 5.73 Å². The molecule has 0 spiro atoms. The van der Waals surface area contributed by atoms with Crippen LogP contribution >= 0.6 is 0 Å². The third-order valence-corrected chi connectivity index (χ3v) is 6.29. The molecule has 3 rings (SSSR count). The first-order valence-corrected chi connectivity index (χ1v) is 11.4. The summed E-state index contributed by atoms with van der Waals surface area (Å²) in [6.07, 6.45) is 4.26. The molecular weight excluding hydrogens is 404 g/mol. The van der Waals surface area contributed by atoms with Gasteiger partial charge in [0.1, 0.15) is 0 Å². The first kappa shape index (κ1) is 24.0. The molecule has 1 aromatic heterocycles. The van der Waals surface area contributed by atoms with Crippen molar-refractivity contribution in [1.82, 2.24) is 10.3 Å². The molecule has 7 nitrogen and oxygen atoms in total. The Labute approximate surface area is 190 Å². The van der Waals surface area contributed by atoms with Crippen LogP contribution in [0.1, 0.15) is 45.1 Å². The molecule has 172 valence electrons. The zero-order valence-corrected chi connectivity index (χ0v) is 19.0. The maximum atomic E-state index is 14.3. The molecule has 0 bridgehead atoms. The smallest absolute Gasteiger partial charge is 0.320 e. The molecule has 2 heterocycles. The highest BCUT2D eigenvalue weighted by Gasteiger charge is 2.45. The Bertz CT molecular complexity index is 924. The van der Waals surface area contributed by atoms with Crippen molar-refractivity contribution in [2.24, 2.45) is 11.1 Å². The van der Waals surface area contributed by atoms with Gasteiger partial charge in [0, 0.05) is 44.0 Å². The number of primary amides is 1. The molecule has 2 unspecified atom stereocenters. The van der Waals surface area contributed by atoms with Crippen molar-refractivity contribution in [3.8, 4) is 11.3 Å². The minimum atomic E-state index is -1.11. The molecule has 1 saturated heterocycles. The van der Waals surface area contributed by atoms with Crippen LogP contribution in [0.25, 0.3) is 11.3 Å². The Balaban J connectivity index is 1.86. The second-order valence-electron chi connectivity index (χ2n) is 9.35. The molecule has 32 heavy (non-hydrogen) atoms. The minimum Gasteiger partial charge on any atom is -0.625 e. The Morgan fingerprint density at radius 2 is 2.00 bits per heavy atom. The molecule has 2 aromatic rings. The molecular formula is C25H34N4O3. The Hall–Kier alpha value is -2.61. The van der Waals surface area contributed by atoms with E-state index in [2.05, 4.69) is 10.3 Å². The van der Waals surface area contributed by atoms with E-state index >= 15 is 0 Å². The van der Waals surface area contributed by atoms with Gasteiger partial charge in [-0.05, 0) is 50.6 Å². The van der Waals surface area contributed by atoms with E-state index in [1.54, 1.807) is 20.0 Å². The fraction of sp³-hybridized carbons (Fsp3) is 0.480. The zero-order valence-electron chi connectivity index (χ0n) is 19.0. The summed E-state index contributed by atoms with van der Waals surface area (Å²) in [7, 11) is 0. The lowest BCUT2D eigenvalue weighted by Crippen LogP contribution is -2.60. The summed E-state index contributed by atoms with van der Waals surface area (Å²) < 4.78 is -0.921. The van der Waals surface area contributed by atoms with Gasteiger partial charge in [0.05, 0.1) is 23.7 Å². The average Bonchev–Trinajstić information content (AvgIpc) is 3.07. The highest BCUT2D eigenvalue weighted by Crippen LogP contribution is 2.33. The maximum absolute atomic E-state index is 14.3. The summed E-state index contributed by atoms with van der Waals surface area (Å²) in [5, 5.41) is 17.6. The number of hydrogen-bond acceptors (Lipinski definition) is 5. The van der Waals surface area contributed by atoms with Gasteiger partial charge in [-0.15, -0.1) is 0 Å². The fourth-order valence-electron chi connectivity index (χ4n) is 4.61. The first-order chi connectivity index (χ1) is 15.2. The molecule has 1 aliphatic heterocycles. The first-order valence-electron chi connectivity index (χ1n) is 11.4. The number of carbonyl (C=O) groups excluding carboxylic acids is 2. The number of carbonyl (C=O) groups is 2. The van der Waals surface area contributed by atoms with Crippen molar-refractivity contribution in [2.75, 3.05) is 19.6 Å². The van der Waals surface area contributed by atoms with Crippen LogP contribution < -0.4 is 11.1 Å². The molecule has 0 radical (unpaired) electrons. The van der Waals surface area contributed by atoms with Crippen molar-refractivity contribution in [3.63, 3.8) is 0 Å². The molecule has 2 atom stereocenters. The minimum absolute atomic E-state index is 0.131. The summed E-state index contributed by atoms with van der Waals surface area (Å²) in [6.45, 7) is 5.01. The van der Waals surface area contributed by atoms with Gasteiger partial charge in [-0.25, -0.2) is 4.79 Å². The van der Waals surface area contributed by atoms with Crippen LogP contribution in [0.15, 0.2) is 48.7 Å². The second kappa shape index (κ2) is 10.3. The maximum Gasteiger partial charge on any atom is 0.320 e. The molecule has 1 aliphatic rings. The highest BCUT2D eigenvalue weighted by atomic mass is 16.6. The molecule has 0 saturated carbocycles. The molecule has 0 aliphatic carbocycles. The van der Waals surface area contributed by atoms with Crippen molar-refractivity contribution < 1.29 is 14.2 Å². The summed E-state index contributed by atoms with van der Waals surface area (Å²) in [4.78, 5) is 29.5. The average molecular weight is 439 g/mol. The lowest BCUT2D eigenvalue weighted by Gasteiger charge is -2.49. The predicted molar refractivity (Wildman–Crippen MR) is 125 cm³/mol. The number of rotatable bonds is 8. The van der Waals surface area contributed by atoms with Gasteiger partial charge >= 0.3 is 5.91 Å². The zero-order chi connectivity index (χ0) is 23.2. The lowest BCUT2D eigenvalue weighted by molar-refractivity contribution is -0.835. The highest BCUT2D eigenvalue weighted by molar-refractivity contribution is 5.84. The topological polar surface area (TPSA) is 108 Å². The number of hydrogen-bond donors (Lipinski definition) is 2. The quantitative estimate of drug-likeness (QED) is 0.486. The van der Waals surface area contributed by atoms with Crippen molar-refractivity contribution in [1.29, 1.82) is 0 Å². The molecule has 2 amide bonds. The number of nitrogens with two attached hydrogens (primary N) is 1. The molecule has 1 fully saturated rings. The number of quaternary nitrogens is 1. The van der Waals surface area contributed by atoms with Crippen LogP contribution in [0.5, 0.6) is 0 Å². The van der Waals surface area contributed by atoms with E-state index in [1.807, 2.05) is 42.5 Å². The van der Waals surface area contributed by atoms with Crippen LogP contribution in [0.2, 0.25) is 0 Å². The van der Waals surface area contributed by atoms with E-state index in [1.165, 1.54) is 0 Å². The SMILES string of the molecule is CC(C)(CC(N)=O)C(=O)[N+]([O-])(CCc1cccc(-c2ccccn2)c1)C1CCCNCC1. The largest absolute Gasteiger partial charge is 0.625 e. The molecule has 3 N–H and O–H groups in total. The van der Waals surface area contributed by atoms with Crippen LogP contribution in [-0.2, 0) is 16.0 Å². The van der Waals surface area contributed by atoms with E-state index in [-0.39, 0.29) is 19.0 Å². The second-order valence-corrected chi connectivity index (χ2v) is 9.35. The fourth-order valence-corrected chi connectivity index (χ4v) is 4.61. The Morgan fingerprint density at radius 1 is 1.19 bits per heavy atom. The van der Waals surface area contributed by atoms with E-state index in [0.717, 1.165) is 29.8 Å². The van der Waals surface area contributed by atoms with Crippen molar-refractivity contribution >= 4 is 11.8 Å². The van der Waals surface area contributed by atoms with Gasteiger partial charge in [0.15, 0.2) is 0 Å². The summed E-state index contributed by atoms with van der Waals surface area (Å²) in [6, 6.07) is 13.4. The van der Waals surface area contributed by atoms with Crippen LogP contribution in [0, 0.1) is 10.6 Å². The number of pyridine rings is 1. The van der Waals surface area contributed by atoms with Crippen molar-refractivity contribution in [3.05, 3.63) is 59.4 Å². The number of aromatic nitrogens is 1. The van der Waals surface area contributed by atoms with Crippen molar-refractivity contribution in [2.45, 2.75) is 52.0 Å². The summed E-state index contributed by atoms with van der Waals surface area (Å²) in [5.74, 6) is -1.02.